The number of rotatable bonds is 5. The molecule has 1 saturated heterocycles. The molecule has 0 radical (unpaired) electrons. The Labute approximate surface area is 236 Å². The summed E-state index contributed by atoms with van der Waals surface area (Å²) >= 11 is 0. The summed E-state index contributed by atoms with van der Waals surface area (Å²) in [5, 5.41) is 20.4. The fraction of sp³-hybridized carbons (Fsp3) is 0.879. The molecule has 2 amide bonds. The van der Waals surface area contributed by atoms with E-state index in [1.807, 2.05) is 11.8 Å². The van der Waals surface area contributed by atoms with E-state index in [-0.39, 0.29) is 29.4 Å². The van der Waals surface area contributed by atoms with E-state index in [4.69, 9.17) is 0 Å². The monoisotopic (exact) mass is 542 g/mol. The average molecular weight is 543 g/mol. The summed E-state index contributed by atoms with van der Waals surface area (Å²) < 4.78 is 0. The second-order valence-electron chi connectivity index (χ2n) is 15.1. The number of hydrogen-bond acceptors (Lipinski definition) is 4. The van der Waals surface area contributed by atoms with Crippen molar-refractivity contribution >= 4 is 11.8 Å². The number of carbonyl (C=O) groups excluding carboxylic acids is 2. The molecule has 3 saturated carbocycles. The quantitative estimate of drug-likeness (QED) is 0.470. The molecule has 2 N–H and O–H groups in total. The first kappa shape index (κ1) is 29.1. The minimum Gasteiger partial charge on any atom is -0.393 e. The first-order valence-electron chi connectivity index (χ1n) is 15.9. The fourth-order valence-electron chi connectivity index (χ4n) is 10.2. The lowest BCUT2D eigenvalue weighted by molar-refractivity contribution is -0.153. The van der Waals surface area contributed by atoms with Crippen molar-refractivity contribution in [1.82, 2.24) is 9.80 Å². The van der Waals surface area contributed by atoms with Gasteiger partial charge in [-0.1, -0.05) is 32.4 Å². The van der Waals surface area contributed by atoms with E-state index in [0.717, 1.165) is 43.4 Å². The van der Waals surface area contributed by atoms with Gasteiger partial charge in [-0.2, -0.15) is 0 Å². The van der Waals surface area contributed by atoms with Crippen LogP contribution in [0.25, 0.3) is 0 Å². The van der Waals surface area contributed by atoms with Gasteiger partial charge < -0.3 is 20.0 Å². The Morgan fingerprint density at radius 3 is 2.54 bits per heavy atom. The van der Waals surface area contributed by atoms with Crippen LogP contribution in [0.4, 0.5) is 0 Å². The Hall–Kier alpha value is -1.40. The molecule has 5 aliphatic rings. The van der Waals surface area contributed by atoms with Crippen molar-refractivity contribution in [2.24, 2.45) is 40.4 Å². The molecule has 1 aliphatic heterocycles. The van der Waals surface area contributed by atoms with Crippen molar-refractivity contribution in [3.05, 3.63) is 11.6 Å². The van der Waals surface area contributed by atoms with Gasteiger partial charge in [-0.05, 0) is 119 Å². The first-order chi connectivity index (χ1) is 18.3. The highest BCUT2D eigenvalue weighted by Crippen LogP contribution is 2.67. The molecular formula is C33H54N2O4. The van der Waals surface area contributed by atoms with Gasteiger partial charge in [0, 0.05) is 32.1 Å². The molecule has 0 aromatic heterocycles. The third-order valence-corrected chi connectivity index (χ3v) is 12.4. The molecule has 220 valence electrons. The molecule has 0 aromatic rings. The van der Waals surface area contributed by atoms with Crippen LogP contribution in [-0.2, 0) is 9.59 Å². The molecule has 1 heterocycles. The van der Waals surface area contributed by atoms with E-state index >= 15 is 0 Å². The number of aliphatic hydroxyl groups is 2. The maximum atomic E-state index is 13.3. The van der Waals surface area contributed by atoms with Crippen LogP contribution in [-0.4, -0.2) is 69.2 Å². The second kappa shape index (κ2) is 10.5. The molecule has 9 atom stereocenters. The van der Waals surface area contributed by atoms with E-state index in [0.29, 0.717) is 43.3 Å². The lowest BCUT2D eigenvalue weighted by Crippen LogP contribution is -2.58. The molecule has 4 aliphatic carbocycles. The van der Waals surface area contributed by atoms with Gasteiger partial charge in [-0.3, -0.25) is 9.59 Å². The van der Waals surface area contributed by atoms with Crippen LogP contribution in [0.2, 0.25) is 0 Å². The van der Waals surface area contributed by atoms with E-state index in [1.54, 1.807) is 10.5 Å². The minimum absolute atomic E-state index is 0.0250. The van der Waals surface area contributed by atoms with E-state index in [1.165, 1.54) is 46.0 Å². The summed E-state index contributed by atoms with van der Waals surface area (Å²) in [6, 6.07) is -0.0250. The number of hydrogen-bond donors (Lipinski definition) is 2. The van der Waals surface area contributed by atoms with Crippen molar-refractivity contribution in [2.45, 2.75) is 123 Å². The van der Waals surface area contributed by atoms with Crippen molar-refractivity contribution in [3.8, 4) is 0 Å². The highest BCUT2D eigenvalue weighted by atomic mass is 16.3. The van der Waals surface area contributed by atoms with Crippen LogP contribution in [0.1, 0.15) is 106 Å². The van der Waals surface area contributed by atoms with Crippen LogP contribution in [0.3, 0.4) is 0 Å². The topological polar surface area (TPSA) is 81.1 Å². The zero-order chi connectivity index (χ0) is 28.3. The van der Waals surface area contributed by atoms with E-state index in [2.05, 4.69) is 26.8 Å². The van der Waals surface area contributed by atoms with Gasteiger partial charge in [-0.15, -0.1) is 0 Å². The number of piperazine rings is 1. The number of aliphatic hydroxyl groups excluding tert-OH is 1. The van der Waals surface area contributed by atoms with Gasteiger partial charge in [0.1, 0.15) is 5.60 Å². The highest BCUT2D eigenvalue weighted by molar-refractivity contribution is 5.84. The lowest BCUT2D eigenvalue weighted by atomic mass is 9.47. The number of nitrogens with zero attached hydrogens (tertiary/aromatic N) is 2. The SMILES string of the molecule is CC(CCC(=O)N1CCN(C(=O)C(C)(C)O)CC1C)[C@H]1CC[C@H]2[C@@H]3CC=C4C[C@@H](O)CC[C@]4(C)[C@H]3CC[C@]12C. The summed E-state index contributed by atoms with van der Waals surface area (Å²) in [4.78, 5) is 29.4. The molecule has 0 aromatic carbocycles. The first-order valence-corrected chi connectivity index (χ1v) is 15.9. The average Bonchev–Trinajstić information content (AvgIpc) is 3.23. The summed E-state index contributed by atoms with van der Waals surface area (Å²) in [6.45, 7) is 14.1. The van der Waals surface area contributed by atoms with Gasteiger partial charge in [-0.25, -0.2) is 0 Å². The van der Waals surface area contributed by atoms with Crippen LogP contribution >= 0.6 is 0 Å². The van der Waals surface area contributed by atoms with Crippen molar-refractivity contribution in [2.75, 3.05) is 19.6 Å². The van der Waals surface area contributed by atoms with Gasteiger partial charge >= 0.3 is 0 Å². The molecule has 6 heteroatoms. The summed E-state index contributed by atoms with van der Waals surface area (Å²) in [5.41, 5.74) is 0.836. The third-order valence-electron chi connectivity index (χ3n) is 12.4. The molecule has 2 unspecified atom stereocenters. The molecule has 0 spiro atoms. The van der Waals surface area contributed by atoms with Crippen LogP contribution in [0.5, 0.6) is 0 Å². The van der Waals surface area contributed by atoms with Crippen LogP contribution < -0.4 is 0 Å². The largest absolute Gasteiger partial charge is 0.393 e. The Balaban J connectivity index is 1.18. The summed E-state index contributed by atoms with van der Waals surface area (Å²) in [5.74, 6) is 3.49. The van der Waals surface area contributed by atoms with Gasteiger partial charge in [0.15, 0.2) is 0 Å². The smallest absolute Gasteiger partial charge is 0.254 e. The van der Waals surface area contributed by atoms with Crippen LogP contribution in [0, 0.1) is 40.4 Å². The zero-order valence-corrected chi connectivity index (χ0v) is 25.4. The van der Waals surface area contributed by atoms with Gasteiger partial charge in [0.2, 0.25) is 5.91 Å². The predicted molar refractivity (Wildman–Crippen MR) is 154 cm³/mol. The molecule has 5 rings (SSSR count). The molecule has 39 heavy (non-hydrogen) atoms. The summed E-state index contributed by atoms with van der Waals surface area (Å²) in [7, 11) is 0. The minimum atomic E-state index is -1.37. The third kappa shape index (κ3) is 5.11. The maximum absolute atomic E-state index is 13.3. The van der Waals surface area contributed by atoms with Crippen molar-refractivity contribution in [1.29, 1.82) is 0 Å². The Bertz CT molecular complexity index is 987. The summed E-state index contributed by atoms with van der Waals surface area (Å²) in [6.07, 6.45) is 13.3. The van der Waals surface area contributed by atoms with E-state index in [9.17, 15) is 19.8 Å². The molecular weight excluding hydrogens is 488 g/mol. The lowest BCUT2D eigenvalue weighted by Gasteiger charge is -2.58. The number of fused-ring (bicyclic) bond motifs is 5. The van der Waals surface area contributed by atoms with E-state index < -0.39 is 5.60 Å². The normalized spacial score (nSPS) is 41.3. The fourth-order valence-corrected chi connectivity index (χ4v) is 10.2. The Morgan fingerprint density at radius 2 is 1.85 bits per heavy atom. The van der Waals surface area contributed by atoms with Crippen molar-refractivity contribution in [3.63, 3.8) is 0 Å². The molecule has 6 nitrogen and oxygen atoms in total. The number of carbonyl (C=O) groups is 2. The highest BCUT2D eigenvalue weighted by Gasteiger charge is 2.59. The Kier molecular flexibility index (Phi) is 7.80. The number of amides is 2. The van der Waals surface area contributed by atoms with Gasteiger partial charge in [0.05, 0.1) is 6.10 Å². The van der Waals surface area contributed by atoms with Crippen LogP contribution in [0.15, 0.2) is 11.6 Å². The number of allylic oxidation sites excluding steroid dienone is 1. The predicted octanol–water partition coefficient (Wildman–Crippen LogP) is 5.17. The molecule has 0 bridgehead atoms. The zero-order valence-electron chi connectivity index (χ0n) is 25.4. The molecule has 4 fully saturated rings. The van der Waals surface area contributed by atoms with Gasteiger partial charge in [0.25, 0.3) is 5.91 Å². The standard InChI is InChI=1S/C33H54N2O4/c1-21(7-12-29(37)35-18-17-34(20-22(35)2)30(38)31(3,4)39)26-10-11-27-25-9-8-23-19-24(36)13-15-32(23,5)28(25)14-16-33(26,27)6/h8,21-22,24-28,36,39H,7,9-20H2,1-6H3/t21?,22?,24-,25-,26+,27-,28-,32-,33+/m0/s1. The van der Waals surface area contributed by atoms with Crippen molar-refractivity contribution < 1.29 is 19.8 Å². The second-order valence-corrected chi connectivity index (χ2v) is 15.1. The maximum Gasteiger partial charge on any atom is 0.254 e. The Morgan fingerprint density at radius 1 is 1.10 bits per heavy atom.